The second-order valence-corrected chi connectivity index (χ2v) is 5.33. The van der Waals surface area contributed by atoms with Crippen LogP contribution in [0.15, 0.2) is 42.6 Å². The molecular weight excluding hydrogens is 290 g/mol. The number of nitrogen functional groups attached to an aromatic ring is 1. The maximum atomic E-state index is 8.88. The number of nitrogens with zero attached hydrogens (tertiary/aromatic N) is 4. The van der Waals surface area contributed by atoms with Crippen LogP contribution >= 0.6 is 0 Å². The molecule has 0 spiro atoms. The summed E-state index contributed by atoms with van der Waals surface area (Å²) in [5.74, 6) is 0.820. The van der Waals surface area contributed by atoms with Crippen molar-refractivity contribution in [1.82, 2.24) is 14.8 Å². The van der Waals surface area contributed by atoms with Gasteiger partial charge in [0.1, 0.15) is 12.0 Å². The van der Waals surface area contributed by atoms with Crippen molar-refractivity contribution in [3.63, 3.8) is 0 Å². The fourth-order valence-corrected chi connectivity index (χ4v) is 2.47. The molecule has 3 rings (SSSR count). The first-order valence-electron chi connectivity index (χ1n) is 7.37. The Bertz CT molecular complexity index is 851. The number of nitriles is 1. The normalized spacial score (nSPS) is 12.0. The van der Waals surface area contributed by atoms with Crippen molar-refractivity contribution in [1.29, 1.82) is 5.26 Å². The Morgan fingerprint density at radius 3 is 2.83 bits per heavy atom. The summed E-state index contributed by atoms with van der Waals surface area (Å²) in [6.07, 6.45) is 2.03. The molecule has 0 aliphatic heterocycles. The average Bonchev–Trinajstić information content (AvgIpc) is 2.92. The lowest BCUT2D eigenvalue weighted by molar-refractivity contribution is 0.298. The van der Waals surface area contributed by atoms with E-state index in [2.05, 4.69) is 16.2 Å². The predicted molar refractivity (Wildman–Crippen MR) is 87.7 cm³/mol. The van der Waals surface area contributed by atoms with E-state index in [0.29, 0.717) is 30.1 Å². The molecule has 0 aliphatic rings. The zero-order chi connectivity index (χ0) is 16.2. The molecule has 2 aromatic heterocycles. The second-order valence-electron chi connectivity index (χ2n) is 5.33. The number of benzene rings is 1. The number of rotatable bonds is 5. The monoisotopic (exact) mass is 307 g/mol. The first kappa shape index (κ1) is 14.9. The fraction of sp³-hybridized carbons (Fsp3) is 0.235. The van der Waals surface area contributed by atoms with Crippen LogP contribution in [0.25, 0.3) is 10.9 Å². The zero-order valence-corrected chi connectivity index (χ0v) is 12.8. The Kier molecular flexibility index (Phi) is 4.11. The molecule has 0 saturated heterocycles. The number of aromatic nitrogens is 3. The molecule has 0 bridgehead atoms. The summed E-state index contributed by atoms with van der Waals surface area (Å²) in [7, 11) is 0. The Morgan fingerprint density at radius 2 is 2.09 bits per heavy atom. The van der Waals surface area contributed by atoms with E-state index in [1.54, 1.807) is 10.9 Å². The molecule has 0 fully saturated rings. The smallest absolute Gasteiger partial charge is 0.227 e. The molecule has 6 nitrogen and oxygen atoms in total. The van der Waals surface area contributed by atoms with Crippen LogP contribution in [0.1, 0.15) is 24.9 Å². The summed E-state index contributed by atoms with van der Waals surface area (Å²) in [6.45, 7) is 2.34. The van der Waals surface area contributed by atoms with Crippen LogP contribution in [-0.2, 0) is 6.61 Å². The van der Waals surface area contributed by atoms with Gasteiger partial charge in [-0.15, -0.1) is 0 Å². The zero-order valence-electron chi connectivity index (χ0n) is 12.8. The van der Waals surface area contributed by atoms with Crippen LogP contribution in [-0.4, -0.2) is 14.8 Å². The van der Waals surface area contributed by atoms with Gasteiger partial charge < -0.3 is 10.5 Å². The number of nitrogens with two attached hydrogens (primary N) is 1. The van der Waals surface area contributed by atoms with Crippen molar-refractivity contribution in [3.8, 4) is 11.9 Å². The van der Waals surface area contributed by atoms with Gasteiger partial charge in [-0.25, -0.2) is 4.98 Å². The number of hydrogen-bond acceptors (Lipinski definition) is 5. The third kappa shape index (κ3) is 2.94. The van der Waals surface area contributed by atoms with Crippen LogP contribution in [0, 0.1) is 11.3 Å². The minimum atomic E-state index is -0.0656. The van der Waals surface area contributed by atoms with Crippen molar-refractivity contribution in [2.75, 3.05) is 5.73 Å². The van der Waals surface area contributed by atoms with Crippen molar-refractivity contribution in [3.05, 3.63) is 48.2 Å². The molecule has 0 amide bonds. The van der Waals surface area contributed by atoms with E-state index in [1.165, 1.54) is 0 Å². The van der Waals surface area contributed by atoms with E-state index in [1.807, 2.05) is 43.3 Å². The second kappa shape index (κ2) is 6.36. The van der Waals surface area contributed by atoms with Gasteiger partial charge in [0.15, 0.2) is 5.82 Å². The highest BCUT2D eigenvalue weighted by atomic mass is 16.5. The molecule has 1 aromatic carbocycles. The standard InChI is InChI=1S/C17H17N5O/c1-12(7-9-18)22-14-8-10-20-17(15(14)16(19)21-22)23-11-13-5-3-2-4-6-13/h2-6,8,10,12H,7,11H2,1H3,(H2,19,21)/t12-/m0/s1. The summed E-state index contributed by atoms with van der Waals surface area (Å²) in [5.41, 5.74) is 7.92. The molecule has 2 heterocycles. The van der Waals surface area contributed by atoms with Crippen LogP contribution in [0.4, 0.5) is 5.82 Å². The minimum Gasteiger partial charge on any atom is -0.472 e. The van der Waals surface area contributed by atoms with Crippen LogP contribution < -0.4 is 10.5 Å². The van der Waals surface area contributed by atoms with Gasteiger partial charge in [0.2, 0.25) is 5.88 Å². The molecule has 0 saturated carbocycles. The molecule has 6 heteroatoms. The molecular formula is C17H17N5O. The van der Waals surface area contributed by atoms with E-state index in [0.717, 1.165) is 11.1 Å². The highest BCUT2D eigenvalue weighted by Gasteiger charge is 2.17. The van der Waals surface area contributed by atoms with Crippen molar-refractivity contribution >= 4 is 16.7 Å². The topological polar surface area (TPSA) is 89.8 Å². The van der Waals surface area contributed by atoms with E-state index in [4.69, 9.17) is 15.7 Å². The third-order valence-corrected chi connectivity index (χ3v) is 3.64. The summed E-state index contributed by atoms with van der Waals surface area (Å²) < 4.78 is 7.58. The van der Waals surface area contributed by atoms with Crippen molar-refractivity contribution < 1.29 is 4.74 Å². The van der Waals surface area contributed by atoms with Gasteiger partial charge in [0, 0.05) is 6.20 Å². The summed E-state index contributed by atoms with van der Waals surface area (Å²) in [5, 5.41) is 13.9. The molecule has 0 aliphatic carbocycles. The van der Waals surface area contributed by atoms with E-state index >= 15 is 0 Å². The average molecular weight is 307 g/mol. The van der Waals surface area contributed by atoms with E-state index < -0.39 is 0 Å². The van der Waals surface area contributed by atoms with Crippen LogP contribution in [0.5, 0.6) is 5.88 Å². The van der Waals surface area contributed by atoms with Gasteiger partial charge in [-0.2, -0.15) is 10.4 Å². The van der Waals surface area contributed by atoms with Gasteiger partial charge in [-0.3, -0.25) is 4.68 Å². The molecule has 3 aromatic rings. The first-order chi connectivity index (χ1) is 11.2. The number of ether oxygens (including phenoxy) is 1. The van der Waals surface area contributed by atoms with E-state index in [9.17, 15) is 0 Å². The highest BCUT2D eigenvalue weighted by Crippen LogP contribution is 2.31. The predicted octanol–water partition coefficient (Wildman–Crippen LogP) is 3.07. The number of fused-ring (bicyclic) bond motifs is 1. The maximum absolute atomic E-state index is 8.88. The van der Waals surface area contributed by atoms with Crippen LogP contribution in [0.3, 0.4) is 0 Å². The van der Waals surface area contributed by atoms with E-state index in [-0.39, 0.29) is 6.04 Å². The lowest BCUT2D eigenvalue weighted by Crippen LogP contribution is -2.06. The molecule has 1 atom stereocenters. The molecule has 116 valence electrons. The van der Waals surface area contributed by atoms with Crippen LogP contribution in [0.2, 0.25) is 0 Å². The summed E-state index contributed by atoms with van der Waals surface area (Å²) in [6, 6.07) is 13.8. The quantitative estimate of drug-likeness (QED) is 0.782. The Morgan fingerprint density at radius 1 is 1.30 bits per heavy atom. The van der Waals surface area contributed by atoms with Gasteiger partial charge in [0.25, 0.3) is 0 Å². The molecule has 0 radical (unpaired) electrons. The minimum absolute atomic E-state index is 0.0656. The SMILES string of the molecule is C[C@@H](CC#N)n1nc(N)c2c(OCc3ccccc3)nccc21. The fourth-order valence-electron chi connectivity index (χ4n) is 2.47. The van der Waals surface area contributed by atoms with Gasteiger partial charge in [-0.05, 0) is 18.6 Å². The van der Waals surface area contributed by atoms with Crippen molar-refractivity contribution in [2.24, 2.45) is 0 Å². The Hall–Kier alpha value is -3.07. The third-order valence-electron chi connectivity index (χ3n) is 3.64. The number of hydrogen-bond donors (Lipinski definition) is 1. The lowest BCUT2D eigenvalue weighted by atomic mass is 10.2. The van der Waals surface area contributed by atoms with Gasteiger partial charge >= 0.3 is 0 Å². The van der Waals surface area contributed by atoms with Gasteiger partial charge in [-0.1, -0.05) is 30.3 Å². The number of anilines is 1. The Labute approximate surface area is 134 Å². The summed E-state index contributed by atoms with van der Waals surface area (Å²) >= 11 is 0. The molecule has 23 heavy (non-hydrogen) atoms. The maximum Gasteiger partial charge on any atom is 0.227 e. The van der Waals surface area contributed by atoms with Crippen molar-refractivity contribution in [2.45, 2.75) is 26.0 Å². The Balaban J connectivity index is 1.94. The molecule has 2 N–H and O–H groups in total. The summed E-state index contributed by atoms with van der Waals surface area (Å²) in [4.78, 5) is 4.28. The largest absolute Gasteiger partial charge is 0.472 e. The lowest BCUT2D eigenvalue weighted by Gasteiger charge is -2.10. The first-order valence-corrected chi connectivity index (χ1v) is 7.37. The van der Waals surface area contributed by atoms with Gasteiger partial charge in [0.05, 0.1) is 24.0 Å². The number of pyridine rings is 1. The molecule has 0 unspecified atom stereocenters. The highest BCUT2D eigenvalue weighted by molar-refractivity contribution is 5.93.